The van der Waals surface area contributed by atoms with Crippen molar-refractivity contribution in [3.63, 3.8) is 0 Å². The number of carbonyl (C=O) groups excluding carboxylic acids is 4. The number of nitrogens with one attached hydrogen (secondary N) is 4. The van der Waals surface area contributed by atoms with Crippen molar-refractivity contribution >= 4 is 35.4 Å². The van der Waals surface area contributed by atoms with Gasteiger partial charge in [-0.1, -0.05) is 51.7 Å². The summed E-state index contributed by atoms with van der Waals surface area (Å²) in [6, 6.07) is 9.78. The van der Waals surface area contributed by atoms with E-state index in [0.29, 0.717) is 11.5 Å². The van der Waals surface area contributed by atoms with Gasteiger partial charge in [-0.05, 0) is 61.1 Å². The molecule has 0 aliphatic heterocycles. The maximum absolute atomic E-state index is 12.4. The topological polar surface area (TPSA) is 157 Å². The Morgan fingerprint density at radius 2 is 1.05 bits per heavy atom. The Morgan fingerprint density at radius 3 is 1.44 bits per heavy atom. The van der Waals surface area contributed by atoms with Crippen LogP contribution in [-0.4, -0.2) is 45.3 Å². The molecule has 11 heteroatoms. The highest BCUT2D eigenvalue weighted by atomic mass is 32.2. The van der Waals surface area contributed by atoms with E-state index >= 15 is 0 Å². The number of hydrogen-bond donors (Lipinski definition) is 6. The van der Waals surface area contributed by atoms with Crippen molar-refractivity contribution in [1.29, 1.82) is 0 Å². The SMILES string of the molecule is CCCCCc1ccc(O)c(C(=O)NNC(=O)CCSCCC(=O)NNC(=O)c2cc(CCCCC)ccc2O)c1. The average molecular weight is 587 g/mol. The Labute approximate surface area is 246 Å². The molecule has 0 fully saturated rings. The van der Waals surface area contributed by atoms with Gasteiger partial charge in [-0.25, -0.2) is 0 Å². The quantitative estimate of drug-likeness (QED) is 0.126. The summed E-state index contributed by atoms with van der Waals surface area (Å²) in [7, 11) is 0. The molecule has 2 rings (SSSR count). The summed E-state index contributed by atoms with van der Waals surface area (Å²) in [6.45, 7) is 4.22. The number of phenolic OH excluding ortho intramolecular Hbond substituents is 2. The lowest BCUT2D eigenvalue weighted by Gasteiger charge is -2.11. The van der Waals surface area contributed by atoms with Crippen LogP contribution >= 0.6 is 11.8 Å². The fourth-order valence-electron chi connectivity index (χ4n) is 3.94. The standard InChI is InChI=1S/C30H42N4O6S/c1-3-5-7-9-21-11-13-25(35)23(19-21)29(39)33-31-27(37)15-17-41-18-16-28(38)32-34-30(40)24-20-22(10-8-6-4-2)12-14-26(24)36/h11-14,19-20,35-36H,3-10,15-18H2,1-2H3,(H,31,37)(H,32,38)(H,33,39)(H,34,40). The molecule has 0 unspecified atom stereocenters. The van der Waals surface area contributed by atoms with Crippen molar-refractivity contribution in [2.45, 2.75) is 78.1 Å². The summed E-state index contributed by atoms with van der Waals surface area (Å²) >= 11 is 1.37. The maximum atomic E-state index is 12.4. The van der Waals surface area contributed by atoms with Gasteiger partial charge in [-0.2, -0.15) is 11.8 Å². The molecule has 0 aromatic heterocycles. The van der Waals surface area contributed by atoms with Crippen LogP contribution in [0.2, 0.25) is 0 Å². The highest BCUT2D eigenvalue weighted by molar-refractivity contribution is 7.99. The summed E-state index contributed by atoms with van der Waals surface area (Å²) in [6.07, 6.45) is 8.15. The number of hydrogen-bond acceptors (Lipinski definition) is 7. The van der Waals surface area contributed by atoms with Crippen LogP contribution in [0.25, 0.3) is 0 Å². The molecule has 6 N–H and O–H groups in total. The van der Waals surface area contributed by atoms with Crippen molar-refractivity contribution in [1.82, 2.24) is 21.7 Å². The van der Waals surface area contributed by atoms with Gasteiger partial charge in [0.15, 0.2) is 0 Å². The predicted octanol–water partition coefficient (Wildman–Crippen LogP) is 4.30. The Balaban J connectivity index is 1.64. The van der Waals surface area contributed by atoms with Gasteiger partial charge in [0.1, 0.15) is 11.5 Å². The Bertz CT molecular complexity index is 1080. The molecule has 224 valence electrons. The van der Waals surface area contributed by atoms with Crippen molar-refractivity contribution < 1.29 is 29.4 Å². The van der Waals surface area contributed by atoms with Gasteiger partial charge in [0, 0.05) is 24.3 Å². The predicted molar refractivity (Wildman–Crippen MR) is 160 cm³/mol. The van der Waals surface area contributed by atoms with Crippen LogP contribution < -0.4 is 21.7 Å². The zero-order valence-corrected chi connectivity index (χ0v) is 24.7. The van der Waals surface area contributed by atoms with E-state index in [1.165, 1.54) is 23.9 Å². The van der Waals surface area contributed by atoms with E-state index in [9.17, 15) is 29.4 Å². The van der Waals surface area contributed by atoms with E-state index in [1.54, 1.807) is 24.3 Å². The largest absolute Gasteiger partial charge is 0.507 e. The lowest BCUT2D eigenvalue weighted by atomic mass is 10.0. The molecule has 2 aromatic rings. The second kappa shape index (κ2) is 18.6. The van der Waals surface area contributed by atoms with Gasteiger partial charge in [0.25, 0.3) is 11.8 Å². The third kappa shape index (κ3) is 12.5. The molecule has 0 saturated carbocycles. The Hall–Kier alpha value is -3.73. The Kier molecular flexibility index (Phi) is 15.2. The van der Waals surface area contributed by atoms with E-state index in [1.807, 2.05) is 0 Å². The molecule has 41 heavy (non-hydrogen) atoms. The normalized spacial score (nSPS) is 10.6. The Morgan fingerprint density at radius 1 is 0.634 bits per heavy atom. The van der Waals surface area contributed by atoms with E-state index < -0.39 is 23.6 Å². The molecule has 0 aliphatic rings. The average Bonchev–Trinajstić information content (AvgIpc) is 2.96. The molecule has 0 radical (unpaired) electrons. The number of hydrazine groups is 2. The molecule has 0 spiro atoms. The number of carbonyl (C=O) groups is 4. The summed E-state index contributed by atoms with van der Waals surface area (Å²) in [5.41, 5.74) is 11.4. The maximum Gasteiger partial charge on any atom is 0.273 e. The summed E-state index contributed by atoms with van der Waals surface area (Å²) in [5, 5.41) is 20.1. The molecule has 0 aliphatic carbocycles. The monoisotopic (exact) mass is 586 g/mol. The van der Waals surface area contributed by atoms with Crippen LogP contribution in [0.4, 0.5) is 0 Å². The molecular weight excluding hydrogens is 544 g/mol. The molecule has 2 aromatic carbocycles. The number of thioether (sulfide) groups is 1. The summed E-state index contributed by atoms with van der Waals surface area (Å²) < 4.78 is 0. The first-order valence-corrected chi connectivity index (χ1v) is 15.3. The third-order valence-corrected chi connectivity index (χ3v) is 7.31. The van der Waals surface area contributed by atoms with E-state index in [2.05, 4.69) is 35.6 Å². The van der Waals surface area contributed by atoms with Crippen LogP contribution in [0.3, 0.4) is 0 Å². The van der Waals surface area contributed by atoms with Gasteiger partial charge < -0.3 is 10.2 Å². The molecule has 0 bridgehead atoms. The minimum absolute atomic E-state index is 0.0988. The van der Waals surface area contributed by atoms with Gasteiger partial charge in [0.2, 0.25) is 11.8 Å². The zero-order valence-electron chi connectivity index (χ0n) is 23.9. The minimum Gasteiger partial charge on any atom is -0.507 e. The number of aryl methyl sites for hydroxylation is 2. The number of benzene rings is 2. The zero-order chi connectivity index (χ0) is 30.0. The molecule has 10 nitrogen and oxygen atoms in total. The fraction of sp³-hybridized carbons (Fsp3) is 0.467. The molecule has 0 saturated heterocycles. The van der Waals surface area contributed by atoms with Crippen LogP contribution in [0.5, 0.6) is 11.5 Å². The summed E-state index contributed by atoms with van der Waals surface area (Å²) in [4.78, 5) is 49.0. The lowest BCUT2D eigenvalue weighted by Crippen LogP contribution is -2.42. The van der Waals surface area contributed by atoms with Crippen molar-refractivity contribution in [3.8, 4) is 11.5 Å². The first-order valence-electron chi connectivity index (χ1n) is 14.1. The highest BCUT2D eigenvalue weighted by Crippen LogP contribution is 2.21. The number of amides is 4. The number of rotatable bonds is 16. The second-order valence-corrected chi connectivity index (χ2v) is 11.0. The summed E-state index contributed by atoms with van der Waals surface area (Å²) in [5.74, 6) is -1.50. The van der Waals surface area contributed by atoms with Crippen LogP contribution in [0, 0.1) is 0 Å². The molecular formula is C30H42N4O6S. The lowest BCUT2D eigenvalue weighted by molar-refractivity contribution is -0.122. The van der Waals surface area contributed by atoms with Crippen LogP contribution in [0.15, 0.2) is 36.4 Å². The fourth-order valence-corrected chi connectivity index (χ4v) is 4.81. The minimum atomic E-state index is -0.601. The molecule has 0 atom stereocenters. The van der Waals surface area contributed by atoms with Crippen molar-refractivity contribution in [3.05, 3.63) is 58.7 Å². The van der Waals surface area contributed by atoms with Crippen LogP contribution in [-0.2, 0) is 22.4 Å². The first-order chi connectivity index (χ1) is 19.7. The first kappa shape index (κ1) is 33.5. The van der Waals surface area contributed by atoms with Crippen LogP contribution in [0.1, 0.15) is 97.1 Å². The second-order valence-electron chi connectivity index (χ2n) is 9.73. The van der Waals surface area contributed by atoms with Gasteiger partial charge >= 0.3 is 0 Å². The van der Waals surface area contributed by atoms with Crippen molar-refractivity contribution in [2.75, 3.05) is 11.5 Å². The smallest absolute Gasteiger partial charge is 0.273 e. The number of unbranched alkanes of at least 4 members (excludes halogenated alkanes) is 4. The molecule has 4 amide bonds. The van der Waals surface area contributed by atoms with E-state index in [-0.39, 0.29) is 35.5 Å². The van der Waals surface area contributed by atoms with Gasteiger partial charge in [-0.3, -0.25) is 40.9 Å². The highest BCUT2D eigenvalue weighted by Gasteiger charge is 2.15. The molecule has 0 heterocycles. The third-order valence-electron chi connectivity index (χ3n) is 6.33. The number of phenols is 2. The van der Waals surface area contributed by atoms with E-state index in [0.717, 1.165) is 62.5 Å². The van der Waals surface area contributed by atoms with Crippen molar-refractivity contribution in [2.24, 2.45) is 0 Å². The van der Waals surface area contributed by atoms with Gasteiger partial charge in [0.05, 0.1) is 11.1 Å². The van der Waals surface area contributed by atoms with Gasteiger partial charge in [-0.15, -0.1) is 0 Å². The van der Waals surface area contributed by atoms with E-state index in [4.69, 9.17) is 0 Å². The number of aromatic hydroxyl groups is 2.